The van der Waals surface area contributed by atoms with Gasteiger partial charge in [0.25, 0.3) is 0 Å². The topological polar surface area (TPSA) is 138 Å². The van der Waals surface area contributed by atoms with Crippen molar-refractivity contribution in [3.05, 3.63) is 29.3 Å². The van der Waals surface area contributed by atoms with Crippen molar-refractivity contribution in [2.45, 2.75) is 67.2 Å². The Labute approximate surface area is 196 Å². The van der Waals surface area contributed by atoms with E-state index >= 15 is 0 Å². The minimum Gasteiger partial charge on any atom is -0.330 e. The standard InChI is InChI=1S/C22H28N6O4S/c23-10-14-2-1-7-27(14)21(29)18(24)12-26-11-15-9-20(26)22(30)28(15)19-6-3-13-8-16(33-32-31-25)4-5-17(13)19/h4-5,8,14-15,18-20H,1-3,6-7,9,11-12,24-25H2/t14-,15+,18-,19-,20+/m0/s1. The second kappa shape index (κ2) is 9.21. The molecule has 10 nitrogen and oxygen atoms in total. The summed E-state index contributed by atoms with van der Waals surface area (Å²) in [6.45, 7) is 1.65. The van der Waals surface area contributed by atoms with E-state index in [-0.39, 0.29) is 36.0 Å². The number of nitrogens with two attached hydrogens (primary N) is 2. The molecule has 0 aromatic heterocycles. The number of hydrogen-bond donors (Lipinski definition) is 2. The summed E-state index contributed by atoms with van der Waals surface area (Å²) in [6.07, 6.45) is 4.10. The smallest absolute Gasteiger partial charge is 0.241 e. The normalized spacial score (nSPS) is 29.5. The maximum atomic E-state index is 13.3. The maximum absolute atomic E-state index is 13.3. The van der Waals surface area contributed by atoms with Crippen molar-refractivity contribution in [2.24, 2.45) is 11.6 Å². The molecule has 1 aromatic carbocycles. The van der Waals surface area contributed by atoms with E-state index in [1.165, 1.54) is 11.1 Å². The number of likely N-dealkylation sites (tertiary alicyclic amines) is 3. The highest BCUT2D eigenvalue weighted by Crippen LogP contribution is 2.44. The van der Waals surface area contributed by atoms with E-state index in [1.54, 1.807) is 4.90 Å². The summed E-state index contributed by atoms with van der Waals surface area (Å²) in [5, 5.41) is 9.26. The van der Waals surface area contributed by atoms with Gasteiger partial charge >= 0.3 is 0 Å². The number of rotatable bonds is 7. The van der Waals surface area contributed by atoms with Crippen LogP contribution in [0.5, 0.6) is 0 Å². The minimum atomic E-state index is -0.720. The van der Waals surface area contributed by atoms with Gasteiger partial charge in [0, 0.05) is 30.6 Å². The van der Waals surface area contributed by atoms with Crippen molar-refractivity contribution in [1.29, 1.82) is 5.26 Å². The van der Waals surface area contributed by atoms with E-state index in [0.717, 1.165) is 49.2 Å². The van der Waals surface area contributed by atoms with Gasteiger partial charge in [-0.3, -0.25) is 14.5 Å². The van der Waals surface area contributed by atoms with E-state index in [9.17, 15) is 14.9 Å². The number of amides is 2. The molecule has 5 atom stereocenters. The molecule has 3 heterocycles. The Bertz CT molecular complexity index is 986. The van der Waals surface area contributed by atoms with Gasteiger partial charge in [-0.1, -0.05) is 6.07 Å². The number of hydrogen-bond acceptors (Lipinski definition) is 9. The minimum absolute atomic E-state index is 0.0756. The summed E-state index contributed by atoms with van der Waals surface area (Å²) in [6, 6.07) is 7.13. The summed E-state index contributed by atoms with van der Waals surface area (Å²) < 4.78 is 4.74. The molecule has 0 unspecified atom stereocenters. The van der Waals surface area contributed by atoms with Crippen molar-refractivity contribution in [3.63, 3.8) is 0 Å². The SMILES string of the molecule is N#C[C@@H]1CCCN1C(=O)[C@@H](N)CN1C[C@H]2C[C@@H]1C(=O)N2[C@H]1CCc2cc(SOON)ccc21. The second-order valence-electron chi connectivity index (χ2n) is 9.19. The van der Waals surface area contributed by atoms with Crippen LogP contribution < -0.4 is 11.6 Å². The predicted molar refractivity (Wildman–Crippen MR) is 119 cm³/mol. The molecule has 4 N–H and O–H groups in total. The van der Waals surface area contributed by atoms with Crippen molar-refractivity contribution < 1.29 is 18.9 Å². The number of aryl methyl sites for hydroxylation is 1. The first kappa shape index (κ1) is 22.6. The Hall–Kier alpha value is -2.20. The zero-order valence-corrected chi connectivity index (χ0v) is 19.1. The van der Waals surface area contributed by atoms with Gasteiger partial charge in [0.15, 0.2) is 0 Å². The van der Waals surface area contributed by atoms with E-state index in [0.29, 0.717) is 19.5 Å². The molecule has 5 rings (SSSR count). The molecule has 1 aliphatic carbocycles. The number of fused-ring (bicyclic) bond motifs is 3. The van der Waals surface area contributed by atoms with Crippen molar-refractivity contribution in [2.75, 3.05) is 19.6 Å². The molecule has 0 radical (unpaired) electrons. The number of benzene rings is 1. The third-order valence-electron chi connectivity index (χ3n) is 7.41. The first-order chi connectivity index (χ1) is 16.0. The van der Waals surface area contributed by atoms with Gasteiger partial charge in [0.2, 0.25) is 11.8 Å². The van der Waals surface area contributed by atoms with E-state index in [2.05, 4.69) is 33.0 Å². The van der Waals surface area contributed by atoms with Gasteiger partial charge in [-0.2, -0.15) is 11.2 Å². The number of carbonyl (C=O) groups excluding carboxylic acids is 2. The molecule has 176 valence electrons. The van der Waals surface area contributed by atoms with Gasteiger partial charge in [-0.25, -0.2) is 0 Å². The fourth-order valence-electron chi connectivity index (χ4n) is 5.98. The fraction of sp³-hybridized carbons (Fsp3) is 0.591. The Balaban J connectivity index is 1.23. The molecule has 4 aliphatic rings. The lowest BCUT2D eigenvalue weighted by Crippen LogP contribution is -2.56. The van der Waals surface area contributed by atoms with Gasteiger partial charge < -0.3 is 15.5 Å². The summed E-state index contributed by atoms with van der Waals surface area (Å²) >= 11 is 1.06. The first-order valence-corrected chi connectivity index (χ1v) is 12.1. The first-order valence-electron chi connectivity index (χ1n) is 11.4. The van der Waals surface area contributed by atoms with Crippen LogP contribution >= 0.6 is 12.0 Å². The largest absolute Gasteiger partial charge is 0.330 e. The van der Waals surface area contributed by atoms with Crippen LogP contribution in [0.3, 0.4) is 0 Å². The van der Waals surface area contributed by atoms with Gasteiger partial charge in [-0.15, -0.1) is 9.32 Å². The summed E-state index contributed by atoms with van der Waals surface area (Å²) in [7, 11) is 0. The Morgan fingerprint density at radius 1 is 1.33 bits per heavy atom. The van der Waals surface area contributed by atoms with E-state index < -0.39 is 6.04 Å². The van der Waals surface area contributed by atoms with Gasteiger partial charge in [-0.05, 0) is 55.4 Å². The lowest BCUT2D eigenvalue weighted by atomic mass is 10.1. The molecule has 0 saturated carbocycles. The highest BCUT2D eigenvalue weighted by Gasteiger charge is 2.53. The monoisotopic (exact) mass is 472 g/mol. The lowest BCUT2D eigenvalue weighted by molar-refractivity contribution is -0.195. The van der Waals surface area contributed by atoms with Crippen LogP contribution in [0.2, 0.25) is 0 Å². The van der Waals surface area contributed by atoms with Crippen LogP contribution in [-0.2, 0) is 25.3 Å². The molecular formula is C22H28N6O4S. The molecule has 3 aliphatic heterocycles. The van der Waals surface area contributed by atoms with Crippen LogP contribution in [0.1, 0.15) is 42.9 Å². The number of nitrogens with zero attached hydrogens (tertiary/aromatic N) is 4. The zero-order chi connectivity index (χ0) is 23.1. The Morgan fingerprint density at radius 3 is 2.94 bits per heavy atom. The maximum Gasteiger partial charge on any atom is 0.241 e. The van der Waals surface area contributed by atoms with Crippen molar-refractivity contribution >= 4 is 23.9 Å². The van der Waals surface area contributed by atoms with Crippen LogP contribution in [0.15, 0.2) is 23.1 Å². The van der Waals surface area contributed by atoms with E-state index in [1.807, 2.05) is 6.07 Å². The second-order valence-corrected chi connectivity index (χ2v) is 9.97. The van der Waals surface area contributed by atoms with Crippen LogP contribution in [0.25, 0.3) is 0 Å². The molecule has 33 heavy (non-hydrogen) atoms. The quantitative estimate of drug-likeness (QED) is 0.332. The van der Waals surface area contributed by atoms with Crippen molar-refractivity contribution in [1.82, 2.24) is 14.7 Å². The number of carbonyl (C=O) groups is 2. The highest BCUT2D eigenvalue weighted by atomic mass is 32.2. The average molecular weight is 473 g/mol. The highest BCUT2D eigenvalue weighted by molar-refractivity contribution is 7.94. The summed E-state index contributed by atoms with van der Waals surface area (Å²) in [5.74, 6) is 4.85. The predicted octanol–water partition coefficient (Wildman–Crippen LogP) is 0.630. The number of nitriles is 1. The molecule has 1 aromatic rings. The molecule has 11 heteroatoms. The zero-order valence-electron chi connectivity index (χ0n) is 18.3. The third-order valence-corrected chi connectivity index (χ3v) is 8.01. The average Bonchev–Trinajstić information content (AvgIpc) is 3.59. The molecule has 2 bridgehead atoms. The van der Waals surface area contributed by atoms with Crippen LogP contribution in [-0.4, -0.2) is 70.3 Å². The number of piperazine rings is 1. The Kier molecular flexibility index (Phi) is 6.30. The van der Waals surface area contributed by atoms with Crippen molar-refractivity contribution in [3.8, 4) is 6.07 Å². The molecular weight excluding hydrogens is 444 g/mol. The fourth-order valence-corrected chi connectivity index (χ4v) is 6.41. The van der Waals surface area contributed by atoms with E-state index in [4.69, 9.17) is 16.0 Å². The molecule has 3 saturated heterocycles. The van der Waals surface area contributed by atoms with Crippen LogP contribution in [0.4, 0.5) is 0 Å². The summed E-state index contributed by atoms with van der Waals surface area (Å²) in [5.41, 5.74) is 8.64. The Morgan fingerprint density at radius 2 is 2.18 bits per heavy atom. The lowest BCUT2D eigenvalue weighted by Gasteiger charge is -2.38. The van der Waals surface area contributed by atoms with Gasteiger partial charge in [0.05, 0.1) is 36.2 Å². The summed E-state index contributed by atoms with van der Waals surface area (Å²) in [4.78, 5) is 36.9. The molecule has 3 fully saturated rings. The molecule has 2 amide bonds. The van der Waals surface area contributed by atoms with Crippen LogP contribution in [0, 0.1) is 11.3 Å². The van der Waals surface area contributed by atoms with Gasteiger partial charge in [0.1, 0.15) is 6.04 Å². The third kappa shape index (κ3) is 4.01. The molecule has 0 spiro atoms.